The molecule has 0 aliphatic carbocycles. The summed E-state index contributed by atoms with van der Waals surface area (Å²) in [5.74, 6) is -1.39. The Bertz CT molecular complexity index is 1180. The van der Waals surface area contributed by atoms with Crippen LogP contribution in [-0.4, -0.2) is 24.5 Å². The lowest BCUT2D eigenvalue weighted by Crippen LogP contribution is -2.30. The number of carbonyl (C=O) groups excluding carboxylic acids is 1. The first-order valence-electron chi connectivity index (χ1n) is 9.96. The van der Waals surface area contributed by atoms with Crippen LogP contribution in [0.15, 0.2) is 72.8 Å². The molecule has 3 rings (SSSR count). The third-order valence-electron chi connectivity index (χ3n) is 4.76. The Balaban J connectivity index is 1.84. The van der Waals surface area contributed by atoms with Gasteiger partial charge in [0.15, 0.2) is 0 Å². The molecule has 0 atom stereocenters. The maximum Gasteiger partial charge on any atom is 0.311 e. The molecule has 0 radical (unpaired) electrons. The van der Waals surface area contributed by atoms with E-state index in [9.17, 15) is 22.0 Å². The number of amides is 1. The van der Waals surface area contributed by atoms with Crippen molar-refractivity contribution in [1.29, 1.82) is 0 Å². The largest absolute Gasteiger partial charge is 0.382 e. The molecule has 32 heavy (non-hydrogen) atoms. The highest BCUT2D eigenvalue weighted by atomic mass is 32.2. The van der Waals surface area contributed by atoms with Gasteiger partial charge < -0.3 is 9.08 Å². The molecule has 3 aromatic carbocycles. The van der Waals surface area contributed by atoms with Crippen molar-refractivity contribution in [2.45, 2.75) is 32.2 Å². The minimum absolute atomic E-state index is 0.0717. The van der Waals surface area contributed by atoms with Gasteiger partial charge in [-0.05, 0) is 61.4 Å². The van der Waals surface area contributed by atoms with Gasteiger partial charge >= 0.3 is 10.1 Å². The van der Waals surface area contributed by atoms with Crippen molar-refractivity contribution >= 4 is 16.0 Å². The van der Waals surface area contributed by atoms with Gasteiger partial charge in [0.2, 0.25) is 0 Å². The molecule has 0 spiro atoms. The van der Waals surface area contributed by atoms with Crippen LogP contribution in [0.25, 0.3) is 0 Å². The van der Waals surface area contributed by atoms with Crippen molar-refractivity contribution in [3.63, 3.8) is 0 Å². The van der Waals surface area contributed by atoms with Gasteiger partial charge in [-0.25, -0.2) is 8.78 Å². The van der Waals surface area contributed by atoms with E-state index >= 15 is 0 Å². The normalized spacial score (nSPS) is 11.4. The Morgan fingerprint density at radius 1 is 0.875 bits per heavy atom. The zero-order valence-electron chi connectivity index (χ0n) is 17.7. The van der Waals surface area contributed by atoms with Gasteiger partial charge in [0.05, 0.1) is 10.8 Å². The van der Waals surface area contributed by atoms with Crippen LogP contribution in [0.5, 0.6) is 5.75 Å². The minimum atomic E-state index is -3.72. The Kier molecular flexibility index (Phi) is 7.25. The van der Waals surface area contributed by atoms with Crippen LogP contribution < -0.4 is 4.18 Å². The fourth-order valence-electron chi connectivity index (χ4n) is 2.92. The van der Waals surface area contributed by atoms with Gasteiger partial charge in [0, 0.05) is 13.1 Å². The molecule has 0 aromatic heterocycles. The average molecular weight is 460 g/mol. The van der Waals surface area contributed by atoms with E-state index in [1.165, 1.54) is 61.2 Å². The summed E-state index contributed by atoms with van der Waals surface area (Å²) >= 11 is 0. The van der Waals surface area contributed by atoms with E-state index in [0.29, 0.717) is 11.1 Å². The quantitative estimate of drug-likeness (QED) is 0.449. The van der Waals surface area contributed by atoms with E-state index in [2.05, 4.69) is 0 Å². The van der Waals surface area contributed by atoms with Crippen LogP contribution in [0.4, 0.5) is 8.78 Å². The van der Waals surface area contributed by atoms with Crippen LogP contribution in [0.1, 0.15) is 35.3 Å². The summed E-state index contributed by atoms with van der Waals surface area (Å²) in [7, 11) is -3.72. The molecule has 0 fully saturated rings. The highest BCUT2D eigenvalue weighted by Crippen LogP contribution is 2.20. The molecule has 8 heteroatoms. The predicted octanol–water partition coefficient (Wildman–Crippen LogP) is 4.92. The lowest BCUT2D eigenvalue weighted by Gasteiger charge is -2.23. The average Bonchev–Trinajstić information content (AvgIpc) is 2.75. The van der Waals surface area contributed by atoms with Crippen molar-refractivity contribution in [3.05, 3.63) is 101 Å². The zero-order valence-corrected chi connectivity index (χ0v) is 18.5. The van der Waals surface area contributed by atoms with Crippen molar-refractivity contribution in [2.24, 2.45) is 0 Å². The van der Waals surface area contributed by atoms with Gasteiger partial charge in [-0.2, -0.15) is 8.42 Å². The third kappa shape index (κ3) is 5.91. The maximum absolute atomic E-state index is 14.2. The Morgan fingerprint density at radius 2 is 1.41 bits per heavy atom. The Labute approximate surface area is 186 Å². The molecule has 1 amide bonds. The molecule has 0 bridgehead atoms. The summed E-state index contributed by atoms with van der Waals surface area (Å²) in [5.41, 5.74) is 1.29. The van der Waals surface area contributed by atoms with Gasteiger partial charge in [0.1, 0.15) is 17.4 Å². The number of rotatable bonds is 8. The molecule has 0 heterocycles. The molecule has 0 unspecified atom stereocenters. The summed E-state index contributed by atoms with van der Waals surface area (Å²) in [6, 6.07) is 17.7. The highest BCUT2D eigenvalue weighted by Gasteiger charge is 2.21. The highest BCUT2D eigenvalue weighted by molar-refractivity contribution is 7.87. The van der Waals surface area contributed by atoms with E-state index in [1.54, 1.807) is 30.3 Å². The standard InChI is InChI=1S/C24H23F2NO4S/c1-17(2)32(29,30)31-21-13-9-19(10-14-21)16-27(15-18-7-11-20(25)12-8-18)24(28)22-5-3-4-6-23(22)26/h3-14,17H,15-16H2,1-2H3. The molecule has 0 N–H and O–H groups in total. The first-order chi connectivity index (χ1) is 15.2. The maximum atomic E-state index is 14.2. The van der Waals surface area contributed by atoms with Crippen molar-refractivity contribution in [2.75, 3.05) is 0 Å². The van der Waals surface area contributed by atoms with Gasteiger partial charge in [-0.3, -0.25) is 4.79 Å². The molecule has 0 saturated carbocycles. The van der Waals surface area contributed by atoms with Crippen LogP contribution in [-0.2, 0) is 23.2 Å². The summed E-state index contributed by atoms with van der Waals surface area (Å²) in [6.07, 6.45) is 0. The van der Waals surface area contributed by atoms with Gasteiger partial charge in [-0.15, -0.1) is 0 Å². The van der Waals surface area contributed by atoms with Crippen LogP contribution in [0, 0.1) is 11.6 Å². The number of hydrogen-bond acceptors (Lipinski definition) is 4. The SMILES string of the molecule is CC(C)S(=O)(=O)Oc1ccc(CN(Cc2ccc(F)cc2)C(=O)c2ccccc2F)cc1. The second kappa shape index (κ2) is 9.91. The summed E-state index contributed by atoms with van der Waals surface area (Å²) < 4.78 is 56.4. The molecule has 168 valence electrons. The first kappa shape index (κ1) is 23.4. The number of carbonyl (C=O) groups is 1. The van der Waals surface area contributed by atoms with Crippen LogP contribution in [0.2, 0.25) is 0 Å². The molecule has 0 aliphatic heterocycles. The monoisotopic (exact) mass is 459 g/mol. The number of hydrogen-bond donors (Lipinski definition) is 0. The van der Waals surface area contributed by atoms with Crippen molar-refractivity contribution in [3.8, 4) is 5.75 Å². The number of benzene rings is 3. The Hall–Kier alpha value is -3.26. The molecule has 0 aliphatic rings. The fourth-order valence-corrected chi connectivity index (χ4v) is 3.49. The second-order valence-corrected chi connectivity index (χ2v) is 9.63. The topological polar surface area (TPSA) is 63.7 Å². The summed E-state index contributed by atoms with van der Waals surface area (Å²) in [4.78, 5) is 14.5. The van der Waals surface area contributed by atoms with Crippen molar-refractivity contribution in [1.82, 2.24) is 4.90 Å². The minimum Gasteiger partial charge on any atom is -0.382 e. The molecule has 3 aromatic rings. The van der Waals surface area contributed by atoms with E-state index in [-0.39, 0.29) is 24.4 Å². The molecule has 5 nitrogen and oxygen atoms in total. The fraction of sp³-hybridized carbons (Fsp3) is 0.208. The Morgan fingerprint density at radius 3 is 1.94 bits per heavy atom. The van der Waals surface area contributed by atoms with Crippen LogP contribution >= 0.6 is 0 Å². The predicted molar refractivity (Wildman–Crippen MR) is 118 cm³/mol. The summed E-state index contributed by atoms with van der Waals surface area (Å²) in [6.45, 7) is 3.30. The van der Waals surface area contributed by atoms with E-state index in [0.717, 1.165) is 0 Å². The summed E-state index contributed by atoms with van der Waals surface area (Å²) in [5, 5.41) is -0.688. The number of nitrogens with zero attached hydrogens (tertiary/aromatic N) is 1. The van der Waals surface area contributed by atoms with Crippen LogP contribution in [0.3, 0.4) is 0 Å². The molecular weight excluding hydrogens is 436 g/mol. The van der Waals surface area contributed by atoms with Gasteiger partial charge in [-0.1, -0.05) is 36.4 Å². The molecular formula is C24H23F2NO4S. The lowest BCUT2D eigenvalue weighted by atomic mass is 10.1. The van der Waals surface area contributed by atoms with E-state index < -0.39 is 32.9 Å². The van der Waals surface area contributed by atoms with Crippen molar-refractivity contribution < 1.29 is 26.2 Å². The lowest BCUT2D eigenvalue weighted by molar-refractivity contribution is 0.0725. The first-order valence-corrected chi connectivity index (χ1v) is 11.4. The third-order valence-corrected chi connectivity index (χ3v) is 6.34. The molecule has 0 saturated heterocycles. The smallest absolute Gasteiger partial charge is 0.311 e. The second-order valence-electron chi connectivity index (χ2n) is 7.54. The zero-order chi connectivity index (χ0) is 23.3. The van der Waals surface area contributed by atoms with Gasteiger partial charge in [0.25, 0.3) is 5.91 Å². The van der Waals surface area contributed by atoms with E-state index in [4.69, 9.17) is 4.18 Å². The van der Waals surface area contributed by atoms with E-state index in [1.807, 2.05) is 0 Å². The number of halogens is 2.